The van der Waals surface area contributed by atoms with Crippen LogP contribution < -0.4 is 5.32 Å². The van der Waals surface area contributed by atoms with Crippen molar-refractivity contribution in [3.8, 4) is 0 Å². The summed E-state index contributed by atoms with van der Waals surface area (Å²) in [6, 6.07) is 0.938. The molecule has 2 aliphatic heterocycles. The Morgan fingerprint density at radius 2 is 1.91 bits per heavy atom. The zero-order valence-electron chi connectivity index (χ0n) is 14.7. The molecule has 0 amide bonds. The maximum absolute atomic E-state index is 3.74. The fraction of sp³-hybridized carbons (Fsp3) is 0.810. The Kier molecular flexibility index (Phi) is 3.40. The SMILES string of the molecule is CC1C=CC2=C(C1)C1(CCN([C@@H]3CC4CCC3CC4)CC1)CN2. The summed E-state index contributed by atoms with van der Waals surface area (Å²) in [4.78, 5) is 2.90. The maximum atomic E-state index is 3.74. The van der Waals surface area contributed by atoms with Crippen LogP contribution in [0.4, 0.5) is 0 Å². The topological polar surface area (TPSA) is 15.3 Å². The Labute approximate surface area is 141 Å². The average molecular weight is 313 g/mol. The molecule has 4 fully saturated rings. The highest BCUT2D eigenvalue weighted by Crippen LogP contribution is 2.50. The van der Waals surface area contributed by atoms with Crippen molar-refractivity contribution in [2.45, 2.75) is 64.3 Å². The van der Waals surface area contributed by atoms with Crippen molar-refractivity contribution in [3.05, 3.63) is 23.4 Å². The zero-order valence-corrected chi connectivity index (χ0v) is 14.7. The van der Waals surface area contributed by atoms with Crippen LogP contribution in [0.2, 0.25) is 0 Å². The number of rotatable bonds is 1. The first-order chi connectivity index (χ1) is 11.2. The minimum Gasteiger partial charge on any atom is -0.384 e. The third-order valence-electron chi connectivity index (χ3n) is 7.93. The Balaban J connectivity index is 1.30. The normalized spacial score (nSPS) is 42.1. The van der Waals surface area contributed by atoms with Crippen LogP contribution in [-0.4, -0.2) is 30.6 Å². The van der Waals surface area contributed by atoms with Gasteiger partial charge in [-0.2, -0.15) is 0 Å². The Morgan fingerprint density at radius 1 is 1.13 bits per heavy atom. The minimum atomic E-state index is 0.499. The first kappa shape index (κ1) is 14.6. The molecular formula is C21H32N2. The number of piperidine rings is 1. The van der Waals surface area contributed by atoms with E-state index >= 15 is 0 Å². The van der Waals surface area contributed by atoms with Gasteiger partial charge in [0.2, 0.25) is 0 Å². The van der Waals surface area contributed by atoms with E-state index in [0.29, 0.717) is 5.41 Å². The predicted octanol–water partition coefficient (Wildman–Crippen LogP) is 4.10. The van der Waals surface area contributed by atoms with E-state index in [2.05, 4.69) is 29.3 Å². The van der Waals surface area contributed by atoms with Gasteiger partial charge in [-0.1, -0.05) is 25.8 Å². The van der Waals surface area contributed by atoms with E-state index in [-0.39, 0.29) is 0 Å². The molecule has 2 nitrogen and oxygen atoms in total. The molecule has 23 heavy (non-hydrogen) atoms. The summed E-state index contributed by atoms with van der Waals surface area (Å²) in [5, 5.41) is 3.74. The van der Waals surface area contributed by atoms with Crippen LogP contribution in [0.3, 0.4) is 0 Å². The minimum absolute atomic E-state index is 0.499. The summed E-state index contributed by atoms with van der Waals surface area (Å²) in [6.45, 7) is 6.29. The number of likely N-dealkylation sites (tertiary alicyclic amines) is 1. The molecule has 1 N–H and O–H groups in total. The molecule has 2 bridgehead atoms. The van der Waals surface area contributed by atoms with Gasteiger partial charge in [0.1, 0.15) is 0 Å². The number of hydrogen-bond acceptors (Lipinski definition) is 2. The molecule has 2 heterocycles. The van der Waals surface area contributed by atoms with Gasteiger partial charge in [-0.05, 0) is 81.0 Å². The fourth-order valence-electron chi connectivity index (χ4n) is 6.45. The second kappa shape index (κ2) is 5.37. The van der Waals surface area contributed by atoms with Gasteiger partial charge in [0, 0.05) is 23.7 Å². The molecule has 0 aromatic heterocycles. The lowest BCUT2D eigenvalue weighted by molar-refractivity contribution is 0.00390. The van der Waals surface area contributed by atoms with Crippen molar-refractivity contribution in [1.29, 1.82) is 0 Å². The molecule has 3 saturated carbocycles. The van der Waals surface area contributed by atoms with Crippen LogP contribution >= 0.6 is 0 Å². The maximum Gasteiger partial charge on any atom is 0.0335 e. The molecule has 0 aromatic rings. The monoisotopic (exact) mass is 312 g/mol. The van der Waals surface area contributed by atoms with Gasteiger partial charge in [0.15, 0.2) is 0 Å². The highest BCUT2D eigenvalue weighted by atomic mass is 15.2. The van der Waals surface area contributed by atoms with Crippen molar-refractivity contribution in [2.24, 2.45) is 23.2 Å². The number of allylic oxidation sites excluding steroid dienone is 2. The zero-order chi connectivity index (χ0) is 15.4. The number of nitrogens with one attached hydrogen (secondary N) is 1. The van der Waals surface area contributed by atoms with E-state index in [9.17, 15) is 0 Å². The van der Waals surface area contributed by atoms with Crippen LogP contribution in [0, 0.1) is 23.2 Å². The van der Waals surface area contributed by atoms with Crippen LogP contribution in [0.15, 0.2) is 23.4 Å². The van der Waals surface area contributed by atoms with E-state index in [1.807, 2.05) is 0 Å². The van der Waals surface area contributed by atoms with Gasteiger partial charge < -0.3 is 10.2 Å². The van der Waals surface area contributed by atoms with Gasteiger partial charge in [-0.25, -0.2) is 0 Å². The van der Waals surface area contributed by atoms with Gasteiger partial charge in [0.05, 0.1) is 0 Å². The van der Waals surface area contributed by atoms with Crippen molar-refractivity contribution >= 4 is 0 Å². The molecule has 2 atom stereocenters. The fourth-order valence-corrected chi connectivity index (χ4v) is 6.45. The van der Waals surface area contributed by atoms with Gasteiger partial charge >= 0.3 is 0 Å². The highest BCUT2D eigenvalue weighted by Gasteiger charge is 2.46. The smallest absolute Gasteiger partial charge is 0.0335 e. The van der Waals surface area contributed by atoms with Gasteiger partial charge in [0.25, 0.3) is 0 Å². The lowest BCUT2D eigenvalue weighted by atomic mass is 9.65. The molecule has 1 saturated heterocycles. The first-order valence-corrected chi connectivity index (χ1v) is 10.1. The Bertz CT molecular complexity index is 530. The summed E-state index contributed by atoms with van der Waals surface area (Å²) >= 11 is 0. The lowest BCUT2D eigenvalue weighted by Crippen LogP contribution is -2.52. The van der Waals surface area contributed by atoms with Crippen LogP contribution in [-0.2, 0) is 0 Å². The van der Waals surface area contributed by atoms with Gasteiger partial charge in [-0.15, -0.1) is 0 Å². The highest BCUT2D eigenvalue weighted by molar-refractivity contribution is 5.39. The molecule has 0 radical (unpaired) electrons. The molecule has 2 heteroatoms. The van der Waals surface area contributed by atoms with Crippen LogP contribution in [0.5, 0.6) is 0 Å². The second-order valence-corrected chi connectivity index (χ2v) is 9.19. The Morgan fingerprint density at radius 3 is 2.61 bits per heavy atom. The van der Waals surface area contributed by atoms with E-state index in [4.69, 9.17) is 0 Å². The molecule has 1 unspecified atom stereocenters. The molecule has 6 rings (SSSR count). The predicted molar refractivity (Wildman–Crippen MR) is 95.0 cm³/mol. The number of nitrogens with zero attached hydrogens (tertiary/aromatic N) is 1. The summed E-state index contributed by atoms with van der Waals surface area (Å²) < 4.78 is 0. The van der Waals surface area contributed by atoms with E-state index < -0.39 is 0 Å². The largest absolute Gasteiger partial charge is 0.384 e. The van der Waals surface area contributed by atoms with Crippen molar-refractivity contribution < 1.29 is 0 Å². The summed E-state index contributed by atoms with van der Waals surface area (Å²) in [5.74, 6) is 2.83. The van der Waals surface area contributed by atoms with E-state index in [1.54, 1.807) is 5.57 Å². The van der Waals surface area contributed by atoms with E-state index in [1.165, 1.54) is 76.7 Å². The van der Waals surface area contributed by atoms with Crippen molar-refractivity contribution in [3.63, 3.8) is 0 Å². The quantitative estimate of drug-likeness (QED) is 0.784. The molecule has 126 valence electrons. The Hall–Kier alpha value is -0.760. The average Bonchev–Trinajstić information content (AvgIpc) is 2.94. The van der Waals surface area contributed by atoms with Crippen LogP contribution in [0.25, 0.3) is 0 Å². The van der Waals surface area contributed by atoms with Crippen molar-refractivity contribution in [1.82, 2.24) is 10.2 Å². The van der Waals surface area contributed by atoms with Crippen LogP contribution in [0.1, 0.15) is 58.3 Å². The third kappa shape index (κ3) is 2.32. The molecule has 6 aliphatic rings. The molecule has 0 aromatic carbocycles. The molecule has 4 aliphatic carbocycles. The van der Waals surface area contributed by atoms with Crippen molar-refractivity contribution in [2.75, 3.05) is 19.6 Å². The lowest BCUT2D eigenvalue weighted by Gasteiger charge is -2.51. The number of fused-ring (bicyclic) bond motifs is 4. The summed E-state index contributed by atoms with van der Waals surface area (Å²) in [7, 11) is 0. The van der Waals surface area contributed by atoms with Gasteiger partial charge in [-0.3, -0.25) is 0 Å². The van der Waals surface area contributed by atoms with E-state index in [0.717, 1.165) is 23.8 Å². The second-order valence-electron chi connectivity index (χ2n) is 9.19. The summed E-state index contributed by atoms with van der Waals surface area (Å²) in [6.07, 6.45) is 16.5. The third-order valence-corrected chi connectivity index (χ3v) is 7.93. The standard InChI is InChI=1S/C21H32N2/c1-15-2-7-19-18(12-15)21(14-22-19)8-10-23(11-9-21)20-13-16-3-5-17(20)6-4-16/h2,7,15-17,20,22H,3-6,8-14H2,1H3/t15?,16?,17?,20-/m1/s1. The first-order valence-electron chi connectivity index (χ1n) is 10.1. The molecule has 1 spiro atoms. The molecular weight excluding hydrogens is 280 g/mol. The number of hydrogen-bond donors (Lipinski definition) is 1. The summed E-state index contributed by atoms with van der Waals surface area (Å²) in [5.41, 5.74) is 3.75.